The number of benzene rings is 3. The van der Waals surface area contributed by atoms with Gasteiger partial charge in [0.25, 0.3) is 0 Å². The molecule has 7 aromatic rings. The lowest BCUT2D eigenvalue weighted by Gasteiger charge is -2.35. The predicted molar refractivity (Wildman–Crippen MR) is 267 cm³/mol. The van der Waals surface area contributed by atoms with Gasteiger partial charge in [0, 0.05) is 106 Å². The summed E-state index contributed by atoms with van der Waals surface area (Å²) in [5, 5.41) is 7.09. The number of halogens is 9. The van der Waals surface area contributed by atoms with Crippen LogP contribution in [0.2, 0.25) is 0 Å². The van der Waals surface area contributed by atoms with E-state index in [-0.39, 0.29) is 10.9 Å². The lowest BCUT2D eigenvalue weighted by molar-refractivity contribution is -0.0501. The van der Waals surface area contributed by atoms with Crippen molar-refractivity contribution >= 4 is 58.3 Å². The Morgan fingerprint density at radius 1 is 0.566 bits per heavy atom. The van der Waals surface area contributed by atoms with Crippen molar-refractivity contribution < 1.29 is 69.0 Å². The lowest BCUT2D eigenvalue weighted by Crippen LogP contribution is -2.49. The molecule has 0 unspecified atom stereocenters. The average molecular weight is 1130 g/mol. The summed E-state index contributed by atoms with van der Waals surface area (Å²) in [5.41, 5.74) is -12.4. The van der Waals surface area contributed by atoms with Gasteiger partial charge in [-0.3, -0.25) is 9.31 Å². The lowest BCUT2D eigenvalue weighted by atomic mass is 10.1. The zero-order chi connectivity index (χ0) is 55.4. The Hall–Kier alpha value is -6.82. The number of alkyl halides is 9. The number of hydrogen-bond acceptors (Lipinski definition) is 13. The third-order valence-corrected chi connectivity index (χ3v) is 16.8. The summed E-state index contributed by atoms with van der Waals surface area (Å²) < 4.78 is 186. The van der Waals surface area contributed by atoms with Gasteiger partial charge in [0.15, 0.2) is 5.75 Å². The number of aromatic nitrogens is 4. The molecule has 9 rings (SSSR count). The van der Waals surface area contributed by atoms with E-state index in [4.69, 9.17) is 0 Å². The molecule has 17 nitrogen and oxygen atoms in total. The van der Waals surface area contributed by atoms with Crippen LogP contribution < -0.4 is 23.1 Å². The molecular weight excluding hydrogens is 1090 g/mol. The van der Waals surface area contributed by atoms with Gasteiger partial charge in [0.05, 0.1) is 11.9 Å². The minimum absolute atomic E-state index is 0.0328. The van der Waals surface area contributed by atoms with Crippen molar-refractivity contribution in [3.8, 4) is 28.0 Å². The molecule has 0 bridgehead atoms. The van der Waals surface area contributed by atoms with Gasteiger partial charge in [-0.1, -0.05) is 56.3 Å². The number of para-hydroxylation sites is 1. The molecule has 4 aromatic heterocycles. The summed E-state index contributed by atoms with van der Waals surface area (Å²) in [5.74, 6) is -0.441. The number of fused-ring (bicyclic) bond motifs is 2. The van der Waals surface area contributed by atoms with E-state index in [1.54, 1.807) is 29.0 Å². The Labute approximate surface area is 430 Å². The standard InChI is InChI=1S/C20H21F3N4O3S.C19H22N4O.C8H5F6NO4S2/c1-2-25-9-11-26(12-10-25)17-5-3-15(4-6-17)16-13-18-19(7-8-24-27(18)14-16)30-31(28,29)20(21,22)23;1-2-21-9-11-22(12-10-21)17-5-3-15(4-6-17)16-13-18-19(24)7-8-20-23(18)14-16;9-7(10,11)20(16,17)15(6-4-2-1-3-5-6)21(18,19)8(12,13)14/h3-8,13-14H,2,9-12H2,1H3;3-8,13-14,20H,2,9-12H2,1H3;1-5H. The second kappa shape index (κ2) is 22.4. The molecule has 29 heteroatoms. The van der Waals surface area contributed by atoms with Gasteiger partial charge < -0.3 is 28.9 Å². The number of H-pyrrole nitrogens is 1. The number of hydrogen-bond donors (Lipinski definition) is 1. The van der Waals surface area contributed by atoms with Gasteiger partial charge in [-0.05, 0) is 72.7 Å². The van der Waals surface area contributed by atoms with Gasteiger partial charge in [0.2, 0.25) is 5.43 Å². The van der Waals surface area contributed by atoms with E-state index in [0.29, 0.717) is 23.2 Å². The molecule has 6 heterocycles. The summed E-state index contributed by atoms with van der Waals surface area (Å²) in [6.45, 7) is 14.9. The highest BCUT2D eigenvalue weighted by molar-refractivity contribution is 8.11. The number of sulfonamides is 2. The minimum atomic E-state index is -6.81. The first kappa shape index (κ1) is 56.9. The third-order valence-electron chi connectivity index (χ3n) is 12.2. The third kappa shape index (κ3) is 12.5. The Bertz CT molecular complexity index is 3460. The average Bonchev–Trinajstić information content (AvgIpc) is 4.03. The van der Waals surface area contributed by atoms with Crippen LogP contribution in [0.4, 0.5) is 56.6 Å². The molecule has 0 radical (unpaired) electrons. The second-order valence-corrected chi connectivity index (χ2v) is 22.2. The number of nitrogens with one attached hydrogen (secondary N) is 1. The van der Waals surface area contributed by atoms with Crippen molar-refractivity contribution in [2.75, 3.05) is 79.0 Å². The van der Waals surface area contributed by atoms with E-state index >= 15 is 0 Å². The van der Waals surface area contributed by atoms with E-state index in [1.165, 1.54) is 16.4 Å². The topological polar surface area (TPSA) is 182 Å². The highest BCUT2D eigenvalue weighted by Gasteiger charge is 2.61. The van der Waals surface area contributed by atoms with Crippen molar-refractivity contribution in [2.45, 2.75) is 30.4 Å². The molecule has 0 saturated carbocycles. The number of rotatable bonds is 11. The highest BCUT2D eigenvalue weighted by Crippen LogP contribution is 2.39. The van der Waals surface area contributed by atoms with Gasteiger partial charge in [-0.2, -0.15) is 69.9 Å². The van der Waals surface area contributed by atoms with Gasteiger partial charge in [-0.25, -0.2) is 4.52 Å². The van der Waals surface area contributed by atoms with Crippen molar-refractivity contribution in [1.29, 1.82) is 0 Å². The highest BCUT2D eigenvalue weighted by atomic mass is 32.3. The molecule has 76 heavy (non-hydrogen) atoms. The number of piperazine rings is 2. The molecule has 410 valence electrons. The number of aromatic amines is 1. The van der Waals surface area contributed by atoms with Crippen LogP contribution in [-0.2, 0) is 30.2 Å². The molecule has 0 atom stereocenters. The molecule has 1 N–H and O–H groups in total. The molecule has 0 aliphatic carbocycles. The van der Waals surface area contributed by atoms with Crippen LogP contribution in [-0.4, -0.2) is 136 Å². The Morgan fingerprint density at radius 3 is 1.46 bits per heavy atom. The summed E-state index contributed by atoms with van der Waals surface area (Å²) in [6.07, 6.45) is 6.42. The quantitative estimate of drug-likeness (QED) is 0.0748. The van der Waals surface area contributed by atoms with Crippen LogP contribution in [0.25, 0.3) is 33.3 Å². The zero-order valence-corrected chi connectivity index (χ0v) is 42.6. The van der Waals surface area contributed by atoms with Gasteiger partial charge in [-0.15, -0.1) is 3.71 Å². The summed E-state index contributed by atoms with van der Waals surface area (Å²) in [6, 6.07) is 26.4. The van der Waals surface area contributed by atoms with Crippen LogP contribution in [0.1, 0.15) is 13.8 Å². The van der Waals surface area contributed by atoms with Crippen molar-refractivity contribution in [2.24, 2.45) is 0 Å². The van der Waals surface area contributed by atoms with E-state index in [1.807, 2.05) is 36.5 Å². The Balaban J connectivity index is 0.000000170. The molecule has 2 aliphatic heterocycles. The van der Waals surface area contributed by atoms with Gasteiger partial charge in [0.1, 0.15) is 11.0 Å². The molecular formula is C47H48F9N9O8S3. The largest absolute Gasteiger partial charge is 0.534 e. The Kier molecular flexibility index (Phi) is 16.8. The second-order valence-electron chi connectivity index (χ2n) is 16.9. The van der Waals surface area contributed by atoms with Crippen molar-refractivity contribution in [3.05, 3.63) is 138 Å². The summed E-state index contributed by atoms with van der Waals surface area (Å²) in [7, 11) is -19.4. The fourth-order valence-electron chi connectivity index (χ4n) is 8.10. The Morgan fingerprint density at radius 2 is 1.03 bits per heavy atom. The molecule has 2 aliphatic rings. The molecule has 2 saturated heterocycles. The number of anilines is 3. The zero-order valence-electron chi connectivity index (χ0n) is 40.2. The maximum atomic E-state index is 12.7. The van der Waals surface area contributed by atoms with Crippen LogP contribution in [0, 0.1) is 0 Å². The normalized spacial score (nSPS) is 15.5. The first-order valence-corrected chi connectivity index (χ1v) is 27.3. The van der Waals surface area contributed by atoms with Crippen LogP contribution in [0.15, 0.2) is 133 Å². The SMILES string of the molecule is CCN1CCN(c2ccc(-c3cc4c(=O)cc[nH]n4c3)cc2)CC1.CCN1CCN(c2ccc(-c3cc4c(OS(=O)(=O)C(F)(F)F)ccnn4c3)cc2)CC1.O=S(=O)(N(c1ccccc1)S(=O)(=O)C(F)(F)F)C(F)(F)F. The van der Waals surface area contributed by atoms with Crippen LogP contribution >= 0.6 is 0 Å². The number of nitrogens with zero attached hydrogens (tertiary/aromatic N) is 8. The number of likely N-dealkylation sites (N-methyl/N-ethyl adjacent to an activating group) is 2. The molecule has 3 aromatic carbocycles. The molecule has 0 amide bonds. The minimum Gasteiger partial charge on any atom is -0.374 e. The first-order valence-electron chi connectivity index (χ1n) is 23.0. The van der Waals surface area contributed by atoms with Crippen LogP contribution in [0.5, 0.6) is 5.75 Å². The van der Waals surface area contributed by atoms with Crippen molar-refractivity contribution in [3.63, 3.8) is 0 Å². The van der Waals surface area contributed by atoms with Crippen molar-refractivity contribution in [1.82, 2.24) is 29.0 Å². The monoisotopic (exact) mass is 1130 g/mol. The molecule has 2 fully saturated rings. The fourth-order valence-corrected chi connectivity index (χ4v) is 11.3. The maximum Gasteiger partial charge on any atom is 0.534 e. The fraction of sp³-hybridized carbons (Fsp3) is 0.319. The van der Waals surface area contributed by atoms with Crippen LogP contribution in [0.3, 0.4) is 0 Å². The molecule has 0 spiro atoms. The van der Waals surface area contributed by atoms with Gasteiger partial charge >= 0.3 is 46.7 Å². The first-order chi connectivity index (χ1) is 35.6. The maximum absolute atomic E-state index is 12.7. The van der Waals surface area contributed by atoms with E-state index in [0.717, 1.165) is 112 Å². The summed E-state index contributed by atoms with van der Waals surface area (Å²) in [4.78, 5) is 21.5. The van der Waals surface area contributed by atoms with E-state index < -0.39 is 61.8 Å². The predicted octanol–water partition coefficient (Wildman–Crippen LogP) is 8.00. The summed E-state index contributed by atoms with van der Waals surface area (Å²) >= 11 is 0. The van der Waals surface area contributed by atoms with E-state index in [2.05, 4.69) is 72.1 Å². The van der Waals surface area contributed by atoms with E-state index in [9.17, 15) is 69.6 Å². The smallest absolute Gasteiger partial charge is 0.374 e.